The summed E-state index contributed by atoms with van der Waals surface area (Å²) in [5.74, 6) is -0.874. The third-order valence-electron chi connectivity index (χ3n) is 3.86. The maximum absolute atomic E-state index is 12.6. The number of aromatic amines is 1. The van der Waals surface area contributed by atoms with E-state index in [1.54, 1.807) is 26.0 Å². The summed E-state index contributed by atoms with van der Waals surface area (Å²) < 4.78 is 10.1. The van der Waals surface area contributed by atoms with Crippen LogP contribution >= 0.6 is 0 Å². The summed E-state index contributed by atoms with van der Waals surface area (Å²) in [6, 6.07) is 3.09. The number of benzene rings is 1. The largest absolute Gasteiger partial charge is 0.507 e. The van der Waals surface area contributed by atoms with Gasteiger partial charge in [0.2, 0.25) is 0 Å². The number of fused-ring (bicyclic) bond motifs is 1. The number of carbonyl (C=O) groups excluding carboxylic acids is 2. The van der Waals surface area contributed by atoms with Gasteiger partial charge in [-0.05, 0) is 32.1 Å². The molecule has 3 rings (SSSR count). The van der Waals surface area contributed by atoms with Gasteiger partial charge in [0.1, 0.15) is 12.4 Å². The van der Waals surface area contributed by atoms with Crippen LogP contribution < -0.4 is 0 Å². The zero-order chi connectivity index (χ0) is 18.7. The van der Waals surface area contributed by atoms with E-state index in [0.29, 0.717) is 27.9 Å². The average molecular weight is 361 g/mol. The van der Waals surface area contributed by atoms with Crippen molar-refractivity contribution in [3.05, 3.63) is 35.0 Å². The number of aromatic hydroxyl groups is 1. The van der Waals surface area contributed by atoms with Crippen LogP contribution in [0.1, 0.15) is 35.5 Å². The fraction of sp³-hybridized carbons (Fsp3) is 0.333. The van der Waals surface area contributed by atoms with Crippen molar-refractivity contribution < 1.29 is 33.9 Å². The molecule has 0 unspecified atom stereocenters. The van der Waals surface area contributed by atoms with E-state index in [1.807, 2.05) is 0 Å². The lowest BCUT2D eigenvalue weighted by Crippen LogP contribution is -2.13. The molecule has 2 heterocycles. The molecule has 138 valence electrons. The Hall–Kier alpha value is -3.00. The minimum atomic E-state index is -0.607. The van der Waals surface area contributed by atoms with Crippen molar-refractivity contribution in [3.63, 3.8) is 0 Å². The molecule has 0 saturated carbocycles. The normalized spacial score (nSPS) is 13.4. The topological polar surface area (TPSA) is 107 Å². The van der Waals surface area contributed by atoms with Crippen LogP contribution in [0, 0.1) is 0 Å². The smallest absolute Gasteiger partial charge is 0.340 e. The van der Waals surface area contributed by atoms with E-state index in [1.165, 1.54) is 6.07 Å². The summed E-state index contributed by atoms with van der Waals surface area (Å²) in [5.41, 5.74) is 1.37. The monoisotopic (exact) mass is 361 g/mol. The lowest BCUT2D eigenvalue weighted by atomic mass is 10.0. The molecule has 26 heavy (non-hydrogen) atoms. The maximum atomic E-state index is 12.6. The van der Waals surface area contributed by atoms with Gasteiger partial charge in [-0.15, -0.1) is 0 Å². The quantitative estimate of drug-likeness (QED) is 0.601. The van der Waals surface area contributed by atoms with E-state index in [0.717, 1.165) is 0 Å². The van der Waals surface area contributed by atoms with Gasteiger partial charge in [0.25, 0.3) is 0 Å². The Morgan fingerprint density at radius 1 is 1.23 bits per heavy atom. The number of esters is 2. The number of ether oxygens (including phenoxy) is 2. The van der Waals surface area contributed by atoms with Crippen molar-refractivity contribution in [3.8, 4) is 5.75 Å². The average Bonchev–Trinajstić information content (AvgIpc) is 3.23. The van der Waals surface area contributed by atoms with Gasteiger partial charge in [-0.25, -0.2) is 4.79 Å². The van der Waals surface area contributed by atoms with E-state index in [9.17, 15) is 14.7 Å². The third-order valence-corrected chi connectivity index (χ3v) is 3.86. The minimum Gasteiger partial charge on any atom is -0.507 e. The second-order valence-electron chi connectivity index (χ2n) is 5.50. The van der Waals surface area contributed by atoms with Gasteiger partial charge in [0.05, 0.1) is 30.8 Å². The lowest BCUT2D eigenvalue weighted by Gasteiger charge is -2.09. The zero-order valence-electron chi connectivity index (χ0n) is 14.5. The molecule has 0 atom stereocenters. The predicted molar refractivity (Wildman–Crippen MR) is 91.3 cm³/mol. The summed E-state index contributed by atoms with van der Waals surface area (Å²) in [7, 11) is 0. The Balaban J connectivity index is 2.21. The molecular weight excluding hydrogens is 342 g/mol. The van der Waals surface area contributed by atoms with Crippen LogP contribution in [0.15, 0.2) is 18.2 Å². The van der Waals surface area contributed by atoms with Crippen LogP contribution in [0.2, 0.25) is 0 Å². The molecule has 2 aromatic rings. The number of rotatable bonds is 6. The first-order chi connectivity index (χ1) is 12.6. The third kappa shape index (κ3) is 3.23. The molecule has 0 bridgehead atoms. The van der Waals surface area contributed by atoms with Gasteiger partial charge in [-0.1, -0.05) is 0 Å². The van der Waals surface area contributed by atoms with Crippen molar-refractivity contribution in [2.75, 3.05) is 19.8 Å². The molecule has 0 fully saturated rings. The fourth-order valence-electron chi connectivity index (χ4n) is 2.88. The number of phenols is 1. The van der Waals surface area contributed by atoms with E-state index in [-0.39, 0.29) is 37.6 Å². The van der Waals surface area contributed by atoms with Crippen molar-refractivity contribution >= 4 is 28.6 Å². The number of H-pyrrole nitrogens is 1. The summed E-state index contributed by atoms with van der Waals surface area (Å²) in [4.78, 5) is 37.5. The lowest BCUT2D eigenvalue weighted by molar-refractivity contribution is -0.208. The van der Waals surface area contributed by atoms with Gasteiger partial charge in [0, 0.05) is 16.6 Å². The fourth-order valence-corrected chi connectivity index (χ4v) is 2.88. The highest BCUT2D eigenvalue weighted by Crippen LogP contribution is 2.38. The number of nitrogens with one attached hydrogen (secondary N) is 1. The van der Waals surface area contributed by atoms with E-state index >= 15 is 0 Å². The molecule has 0 saturated heterocycles. The van der Waals surface area contributed by atoms with Crippen LogP contribution in [-0.2, 0) is 30.5 Å². The minimum absolute atomic E-state index is 0.0820. The van der Waals surface area contributed by atoms with E-state index in [2.05, 4.69) is 4.98 Å². The molecule has 0 aliphatic carbocycles. The summed E-state index contributed by atoms with van der Waals surface area (Å²) >= 11 is 0. The van der Waals surface area contributed by atoms with Gasteiger partial charge >= 0.3 is 11.9 Å². The van der Waals surface area contributed by atoms with Crippen molar-refractivity contribution in [1.82, 2.24) is 4.98 Å². The standard InChI is InChI=1S/C18H19NO7/c1-3-23-14(21)9-11-16(18(22)24-4-2)15-10(19-11)5-6-12(20)17(15)13-7-8-25-26-13/h5-7,19-20H,3-4,8-9H2,1-2H3. The first-order valence-electron chi connectivity index (χ1n) is 8.26. The summed E-state index contributed by atoms with van der Waals surface area (Å²) in [6.07, 6.45) is 1.51. The number of hydrogen-bond acceptors (Lipinski definition) is 7. The van der Waals surface area contributed by atoms with Crippen LogP contribution in [0.3, 0.4) is 0 Å². The maximum Gasteiger partial charge on any atom is 0.340 e. The van der Waals surface area contributed by atoms with E-state index < -0.39 is 11.9 Å². The molecule has 1 aliphatic heterocycles. The summed E-state index contributed by atoms with van der Waals surface area (Å²) in [6.45, 7) is 4.01. The Kier molecular flexibility index (Phi) is 5.13. The van der Waals surface area contributed by atoms with Gasteiger partial charge < -0.3 is 24.5 Å². The highest BCUT2D eigenvalue weighted by molar-refractivity contribution is 6.10. The van der Waals surface area contributed by atoms with Crippen LogP contribution in [0.4, 0.5) is 0 Å². The number of hydrogen-bond donors (Lipinski definition) is 2. The first kappa shape index (κ1) is 17.8. The number of phenolic OH excluding ortho intramolecular Hbond substituents is 1. The highest BCUT2D eigenvalue weighted by Gasteiger charge is 2.28. The molecule has 2 N–H and O–H groups in total. The molecule has 0 spiro atoms. The Morgan fingerprint density at radius 2 is 2.00 bits per heavy atom. The molecule has 8 heteroatoms. The molecule has 1 aromatic heterocycles. The molecule has 8 nitrogen and oxygen atoms in total. The molecule has 0 radical (unpaired) electrons. The molecule has 1 aromatic carbocycles. The first-order valence-corrected chi connectivity index (χ1v) is 8.26. The van der Waals surface area contributed by atoms with E-state index in [4.69, 9.17) is 19.2 Å². The van der Waals surface area contributed by atoms with Crippen LogP contribution in [-0.4, -0.2) is 41.8 Å². The number of aromatic nitrogens is 1. The van der Waals surface area contributed by atoms with Crippen molar-refractivity contribution in [2.45, 2.75) is 20.3 Å². The van der Waals surface area contributed by atoms with Gasteiger partial charge in [0.15, 0.2) is 5.76 Å². The van der Waals surface area contributed by atoms with Crippen LogP contribution in [0.25, 0.3) is 16.7 Å². The number of carbonyl (C=O) groups is 2. The van der Waals surface area contributed by atoms with Crippen molar-refractivity contribution in [2.24, 2.45) is 0 Å². The predicted octanol–water partition coefficient (Wildman–Crippen LogP) is 2.46. The Bertz CT molecular complexity index is 881. The second kappa shape index (κ2) is 7.49. The SMILES string of the molecule is CCOC(=O)Cc1[nH]c2ccc(O)c(C3=CCOO3)c2c1C(=O)OCC. The van der Waals surface area contributed by atoms with Crippen molar-refractivity contribution in [1.29, 1.82) is 0 Å². The molecular formula is C18H19NO7. The zero-order valence-corrected chi connectivity index (χ0v) is 14.5. The highest BCUT2D eigenvalue weighted by atomic mass is 17.2. The second-order valence-corrected chi connectivity index (χ2v) is 5.50. The molecule has 1 aliphatic rings. The summed E-state index contributed by atoms with van der Waals surface area (Å²) in [5, 5.41) is 10.7. The van der Waals surface area contributed by atoms with Gasteiger partial charge in [-0.2, -0.15) is 4.89 Å². The Morgan fingerprint density at radius 3 is 2.65 bits per heavy atom. The Labute approximate surface area is 149 Å². The van der Waals surface area contributed by atoms with Crippen LogP contribution in [0.5, 0.6) is 5.75 Å². The molecule has 0 amide bonds. The van der Waals surface area contributed by atoms with Gasteiger partial charge in [-0.3, -0.25) is 4.79 Å².